The fraction of sp³-hybridized carbons (Fsp3) is 0.435. The number of hydrogen-bond acceptors (Lipinski definition) is 5. The van der Waals surface area contributed by atoms with E-state index in [1.165, 1.54) is 18.6 Å². The Morgan fingerprint density at radius 2 is 2.00 bits per heavy atom. The molecule has 1 fully saturated rings. The maximum absolute atomic E-state index is 10.8. The second-order valence-electron chi connectivity index (χ2n) is 7.45. The van der Waals surface area contributed by atoms with Crippen LogP contribution in [0.1, 0.15) is 30.4 Å². The molecule has 1 atom stereocenters. The van der Waals surface area contributed by atoms with Crippen LogP contribution < -0.4 is 15.4 Å². The number of rotatable bonds is 9. The number of nitro benzene ring substituents is 1. The minimum atomic E-state index is -0.399. The van der Waals surface area contributed by atoms with Gasteiger partial charge < -0.3 is 20.1 Å². The highest BCUT2D eigenvalue weighted by molar-refractivity contribution is 5.79. The Kier molecular flexibility index (Phi) is 8.66. The van der Waals surface area contributed by atoms with Gasteiger partial charge in [0.15, 0.2) is 5.96 Å². The normalized spacial score (nSPS) is 16.5. The van der Waals surface area contributed by atoms with Crippen LogP contribution in [0.3, 0.4) is 0 Å². The molecule has 8 heteroatoms. The van der Waals surface area contributed by atoms with Crippen LogP contribution in [0.2, 0.25) is 0 Å². The van der Waals surface area contributed by atoms with Crippen LogP contribution in [-0.2, 0) is 17.7 Å². The molecule has 0 spiro atoms. The summed E-state index contributed by atoms with van der Waals surface area (Å²) in [5.41, 5.74) is 2.11. The number of nitrogens with one attached hydrogen (secondary N) is 2. The first-order valence-corrected chi connectivity index (χ1v) is 10.6. The second kappa shape index (κ2) is 11.9. The van der Waals surface area contributed by atoms with E-state index < -0.39 is 4.92 Å². The molecule has 1 aliphatic heterocycles. The zero-order valence-corrected chi connectivity index (χ0v) is 17.9. The van der Waals surface area contributed by atoms with Gasteiger partial charge in [-0.2, -0.15) is 0 Å². The van der Waals surface area contributed by atoms with Crippen molar-refractivity contribution in [1.29, 1.82) is 0 Å². The number of guanidine groups is 1. The largest absolute Gasteiger partial charge is 0.496 e. The minimum Gasteiger partial charge on any atom is -0.496 e. The summed E-state index contributed by atoms with van der Waals surface area (Å²) in [4.78, 5) is 15.1. The van der Waals surface area contributed by atoms with Crippen molar-refractivity contribution in [1.82, 2.24) is 10.6 Å². The van der Waals surface area contributed by atoms with Gasteiger partial charge in [0.25, 0.3) is 5.69 Å². The molecule has 0 radical (unpaired) electrons. The molecule has 1 heterocycles. The van der Waals surface area contributed by atoms with E-state index >= 15 is 0 Å². The van der Waals surface area contributed by atoms with Gasteiger partial charge in [-0.3, -0.25) is 10.1 Å². The van der Waals surface area contributed by atoms with Gasteiger partial charge in [0.1, 0.15) is 5.75 Å². The van der Waals surface area contributed by atoms with Crippen LogP contribution in [0.5, 0.6) is 5.75 Å². The summed E-state index contributed by atoms with van der Waals surface area (Å²) >= 11 is 0. The molecule has 1 unspecified atom stereocenters. The lowest BCUT2D eigenvalue weighted by molar-refractivity contribution is -0.384. The molecule has 1 aliphatic rings. The van der Waals surface area contributed by atoms with Gasteiger partial charge in [0, 0.05) is 31.8 Å². The fourth-order valence-corrected chi connectivity index (χ4v) is 3.47. The predicted octanol–water partition coefficient (Wildman–Crippen LogP) is 3.45. The van der Waals surface area contributed by atoms with E-state index in [0.717, 1.165) is 42.7 Å². The van der Waals surface area contributed by atoms with Crippen LogP contribution in [0.15, 0.2) is 53.5 Å². The van der Waals surface area contributed by atoms with Gasteiger partial charge in [0.05, 0.1) is 24.7 Å². The molecule has 0 amide bonds. The maximum atomic E-state index is 10.8. The average molecular weight is 427 g/mol. The van der Waals surface area contributed by atoms with Gasteiger partial charge in [-0.1, -0.05) is 30.3 Å². The number of hydrogen-bond donors (Lipinski definition) is 2. The fourth-order valence-electron chi connectivity index (χ4n) is 3.47. The molecule has 166 valence electrons. The van der Waals surface area contributed by atoms with Crippen LogP contribution in [0.25, 0.3) is 0 Å². The van der Waals surface area contributed by atoms with Crippen LogP contribution in [0.4, 0.5) is 5.69 Å². The highest BCUT2D eigenvalue weighted by Gasteiger charge is 2.14. The van der Waals surface area contributed by atoms with E-state index in [1.807, 2.05) is 18.2 Å². The lowest BCUT2D eigenvalue weighted by atomic mass is 10.1. The number of nitro groups is 1. The van der Waals surface area contributed by atoms with Crippen LogP contribution in [-0.4, -0.2) is 43.8 Å². The quantitative estimate of drug-likeness (QED) is 0.276. The van der Waals surface area contributed by atoms with E-state index in [9.17, 15) is 10.1 Å². The van der Waals surface area contributed by atoms with Gasteiger partial charge in [0.2, 0.25) is 0 Å². The Morgan fingerprint density at radius 1 is 1.19 bits per heavy atom. The molecule has 2 N–H and O–H groups in total. The van der Waals surface area contributed by atoms with E-state index in [4.69, 9.17) is 9.47 Å². The number of non-ortho nitro benzene ring substituents is 1. The molecule has 8 nitrogen and oxygen atoms in total. The monoisotopic (exact) mass is 426 g/mol. The highest BCUT2D eigenvalue weighted by atomic mass is 16.6. The van der Waals surface area contributed by atoms with Gasteiger partial charge in [-0.25, -0.2) is 4.99 Å². The molecule has 0 saturated carbocycles. The molecular formula is C23H30N4O4. The van der Waals surface area contributed by atoms with Crippen molar-refractivity contribution in [2.24, 2.45) is 4.99 Å². The van der Waals surface area contributed by atoms with Gasteiger partial charge >= 0.3 is 0 Å². The summed E-state index contributed by atoms with van der Waals surface area (Å²) in [6.45, 7) is 2.62. The third-order valence-electron chi connectivity index (χ3n) is 5.22. The summed E-state index contributed by atoms with van der Waals surface area (Å²) in [6, 6.07) is 14.4. The molecule has 0 aliphatic carbocycles. The van der Waals surface area contributed by atoms with E-state index in [1.54, 1.807) is 19.2 Å². The first kappa shape index (κ1) is 22.6. The standard InChI is InChI=1S/C23H30N4O4/c1-30-22-8-3-2-6-19(22)13-14-24-23(26-17-21-7-4-5-15-31-21)25-16-18-9-11-20(12-10-18)27(28)29/h2-3,6,8-12,21H,4-5,7,13-17H2,1H3,(H2,24,25,26). The molecule has 0 aromatic heterocycles. The van der Waals surface area contributed by atoms with Crippen molar-refractivity contribution in [2.45, 2.75) is 38.3 Å². The lowest BCUT2D eigenvalue weighted by Crippen LogP contribution is -2.43. The number of aliphatic imine (C=N–C) groups is 1. The summed E-state index contributed by atoms with van der Waals surface area (Å²) < 4.78 is 11.2. The summed E-state index contributed by atoms with van der Waals surface area (Å²) in [6.07, 6.45) is 4.33. The van der Waals surface area contributed by atoms with E-state index in [-0.39, 0.29) is 11.8 Å². The minimum absolute atomic E-state index is 0.0791. The maximum Gasteiger partial charge on any atom is 0.269 e. The number of para-hydroxylation sites is 1. The third kappa shape index (κ3) is 7.25. The zero-order valence-electron chi connectivity index (χ0n) is 17.9. The van der Waals surface area contributed by atoms with Crippen LogP contribution >= 0.6 is 0 Å². The van der Waals surface area contributed by atoms with Crippen molar-refractivity contribution in [3.8, 4) is 5.75 Å². The highest BCUT2D eigenvalue weighted by Crippen LogP contribution is 2.17. The molecule has 31 heavy (non-hydrogen) atoms. The first-order valence-electron chi connectivity index (χ1n) is 10.6. The topological polar surface area (TPSA) is 98.0 Å². The summed E-state index contributed by atoms with van der Waals surface area (Å²) in [7, 11) is 1.68. The molecular weight excluding hydrogens is 396 g/mol. The zero-order chi connectivity index (χ0) is 21.9. The Morgan fingerprint density at radius 3 is 2.71 bits per heavy atom. The molecule has 0 bridgehead atoms. The first-order chi connectivity index (χ1) is 15.2. The van der Waals surface area contributed by atoms with Gasteiger partial charge in [-0.15, -0.1) is 0 Å². The molecule has 2 aromatic carbocycles. The van der Waals surface area contributed by atoms with Crippen molar-refractivity contribution >= 4 is 11.6 Å². The van der Waals surface area contributed by atoms with E-state index in [2.05, 4.69) is 21.7 Å². The Labute approximate surface area is 182 Å². The lowest BCUT2D eigenvalue weighted by Gasteiger charge is -2.24. The molecule has 2 aromatic rings. The third-order valence-corrected chi connectivity index (χ3v) is 5.22. The molecule has 1 saturated heterocycles. The number of nitrogens with zero attached hydrogens (tertiary/aromatic N) is 2. The second-order valence-corrected chi connectivity index (χ2v) is 7.45. The van der Waals surface area contributed by atoms with E-state index in [0.29, 0.717) is 25.6 Å². The number of ether oxygens (including phenoxy) is 2. The van der Waals surface area contributed by atoms with Crippen LogP contribution in [0, 0.1) is 10.1 Å². The Bertz CT molecular complexity index is 864. The predicted molar refractivity (Wildman–Crippen MR) is 121 cm³/mol. The van der Waals surface area contributed by atoms with Crippen molar-refractivity contribution in [3.63, 3.8) is 0 Å². The smallest absolute Gasteiger partial charge is 0.269 e. The van der Waals surface area contributed by atoms with Crippen molar-refractivity contribution < 1.29 is 14.4 Å². The van der Waals surface area contributed by atoms with Gasteiger partial charge in [-0.05, 0) is 42.9 Å². The Hall–Kier alpha value is -3.13. The molecule has 3 rings (SSSR count). The Balaban J connectivity index is 1.60. The van der Waals surface area contributed by atoms with Crippen molar-refractivity contribution in [3.05, 3.63) is 69.8 Å². The SMILES string of the molecule is COc1ccccc1CCNC(=NCc1ccc([N+](=O)[O-])cc1)NCC1CCCCO1. The number of methoxy groups -OCH3 is 1. The summed E-state index contributed by atoms with van der Waals surface area (Å²) in [5, 5.41) is 17.6. The number of benzene rings is 2. The summed E-state index contributed by atoms with van der Waals surface area (Å²) in [5.74, 6) is 1.57. The van der Waals surface area contributed by atoms with Crippen molar-refractivity contribution in [2.75, 3.05) is 26.8 Å². The average Bonchev–Trinajstić information content (AvgIpc) is 2.81.